The number of carbonyl (C=O) groups is 1. The summed E-state index contributed by atoms with van der Waals surface area (Å²) in [7, 11) is 0. The Labute approximate surface area is 99.5 Å². The van der Waals surface area contributed by atoms with Crippen molar-refractivity contribution in [1.29, 1.82) is 0 Å². The van der Waals surface area contributed by atoms with Gasteiger partial charge in [-0.05, 0) is 15.9 Å². The Balaban J connectivity index is 2.77. The van der Waals surface area contributed by atoms with E-state index in [2.05, 4.69) is 31.0 Å². The molecule has 0 radical (unpaired) electrons. The largest absolute Gasteiger partial charge is 0.476 e. The highest BCUT2D eigenvalue weighted by Gasteiger charge is 2.18. The normalized spacial score (nSPS) is 11.2. The summed E-state index contributed by atoms with van der Waals surface area (Å²) in [6.45, 7) is 3.87. The molecular formula is C9H9BrN4O2. The summed E-state index contributed by atoms with van der Waals surface area (Å²) in [6.07, 6.45) is 1.41. The zero-order valence-corrected chi connectivity index (χ0v) is 10.3. The van der Waals surface area contributed by atoms with Crippen LogP contribution in [0.5, 0.6) is 0 Å². The van der Waals surface area contributed by atoms with Crippen LogP contribution in [0, 0.1) is 0 Å². The molecule has 0 saturated heterocycles. The molecule has 0 fully saturated rings. The van der Waals surface area contributed by atoms with E-state index in [-0.39, 0.29) is 11.6 Å². The summed E-state index contributed by atoms with van der Waals surface area (Å²) < 4.78 is 1.62. The van der Waals surface area contributed by atoms with Crippen molar-refractivity contribution in [3.8, 4) is 0 Å². The molecule has 0 aliphatic rings. The van der Waals surface area contributed by atoms with Gasteiger partial charge in [-0.1, -0.05) is 13.8 Å². The minimum absolute atomic E-state index is 0.0319. The van der Waals surface area contributed by atoms with Gasteiger partial charge in [0.1, 0.15) is 0 Å². The number of halogens is 1. The van der Waals surface area contributed by atoms with E-state index in [1.807, 2.05) is 13.8 Å². The maximum Gasteiger partial charge on any atom is 0.355 e. The van der Waals surface area contributed by atoms with Crippen LogP contribution in [0.3, 0.4) is 0 Å². The fourth-order valence-corrected chi connectivity index (χ4v) is 1.71. The van der Waals surface area contributed by atoms with E-state index in [9.17, 15) is 4.79 Å². The Morgan fingerprint density at radius 1 is 1.56 bits per heavy atom. The molecule has 7 heteroatoms. The van der Waals surface area contributed by atoms with Crippen LogP contribution in [0.1, 0.15) is 36.1 Å². The molecule has 84 valence electrons. The van der Waals surface area contributed by atoms with Gasteiger partial charge in [-0.25, -0.2) is 9.78 Å². The van der Waals surface area contributed by atoms with E-state index in [1.165, 1.54) is 10.7 Å². The molecule has 0 amide bonds. The smallest absolute Gasteiger partial charge is 0.355 e. The SMILES string of the molecule is CC(C)c1nc2ncc(Br)c(C(=O)O)n2n1. The molecule has 2 aromatic heterocycles. The highest BCUT2D eigenvalue weighted by molar-refractivity contribution is 9.10. The van der Waals surface area contributed by atoms with Crippen molar-refractivity contribution in [3.05, 3.63) is 22.2 Å². The molecule has 0 atom stereocenters. The lowest BCUT2D eigenvalue weighted by molar-refractivity contribution is 0.0686. The number of hydrogen-bond donors (Lipinski definition) is 1. The Bertz CT molecular complexity index is 564. The maximum atomic E-state index is 11.1. The maximum absolute atomic E-state index is 11.1. The van der Waals surface area contributed by atoms with E-state index < -0.39 is 5.97 Å². The van der Waals surface area contributed by atoms with Crippen LogP contribution in [0.4, 0.5) is 0 Å². The van der Waals surface area contributed by atoms with Gasteiger partial charge in [-0.2, -0.15) is 9.50 Å². The first-order chi connectivity index (χ1) is 7.50. The second-order valence-corrected chi connectivity index (χ2v) is 4.45. The van der Waals surface area contributed by atoms with Crippen LogP contribution in [-0.2, 0) is 0 Å². The highest BCUT2D eigenvalue weighted by Crippen LogP contribution is 2.18. The number of hydrogen-bond acceptors (Lipinski definition) is 4. The molecule has 0 aliphatic carbocycles. The molecule has 0 spiro atoms. The Kier molecular flexibility index (Phi) is 2.63. The van der Waals surface area contributed by atoms with Crippen molar-refractivity contribution >= 4 is 27.7 Å². The third-order valence-electron chi connectivity index (χ3n) is 2.06. The van der Waals surface area contributed by atoms with Crippen molar-refractivity contribution in [2.24, 2.45) is 0 Å². The van der Waals surface area contributed by atoms with Crippen LogP contribution in [0.2, 0.25) is 0 Å². The molecule has 1 N–H and O–H groups in total. The predicted molar refractivity (Wildman–Crippen MR) is 59.5 cm³/mol. The molecule has 6 nitrogen and oxygen atoms in total. The van der Waals surface area contributed by atoms with Gasteiger partial charge in [-0.15, -0.1) is 5.10 Å². The fraction of sp³-hybridized carbons (Fsp3) is 0.333. The third-order valence-corrected chi connectivity index (χ3v) is 2.64. The van der Waals surface area contributed by atoms with Crippen LogP contribution < -0.4 is 0 Å². The van der Waals surface area contributed by atoms with Gasteiger partial charge in [0.05, 0.1) is 4.47 Å². The van der Waals surface area contributed by atoms with E-state index in [0.717, 1.165) is 0 Å². The zero-order valence-electron chi connectivity index (χ0n) is 8.68. The summed E-state index contributed by atoms with van der Waals surface area (Å²) in [6, 6.07) is 0. The first-order valence-electron chi connectivity index (χ1n) is 4.65. The standard InChI is InChI=1S/C9H9BrN4O2/c1-4(2)7-12-9-11-3-5(10)6(8(15)16)14(9)13-7/h3-4H,1-2H3,(H,15,16). The number of nitrogens with zero attached hydrogens (tertiary/aromatic N) is 4. The molecule has 16 heavy (non-hydrogen) atoms. The second kappa shape index (κ2) is 3.82. The molecule has 2 heterocycles. The minimum Gasteiger partial charge on any atom is -0.476 e. The number of fused-ring (bicyclic) bond motifs is 1. The number of carboxylic acids is 1. The average Bonchev–Trinajstić information content (AvgIpc) is 2.60. The van der Waals surface area contributed by atoms with Gasteiger partial charge < -0.3 is 5.11 Å². The highest BCUT2D eigenvalue weighted by atomic mass is 79.9. The van der Waals surface area contributed by atoms with Crippen molar-refractivity contribution < 1.29 is 9.90 Å². The Hall–Kier alpha value is -1.50. The van der Waals surface area contributed by atoms with Crippen molar-refractivity contribution in [2.45, 2.75) is 19.8 Å². The lowest BCUT2D eigenvalue weighted by atomic mass is 10.2. The van der Waals surface area contributed by atoms with Crippen molar-refractivity contribution in [1.82, 2.24) is 19.6 Å². The molecule has 0 saturated carbocycles. The van der Waals surface area contributed by atoms with Gasteiger partial charge in [-0.3, -0.25) is 0 Å². The molecule has 0 bridgehead atoms. The molecule has 2 aromatic rings. The van der Waals surface area contributed by atoms with Crippen LogP contribution >= 0.6 is 15.9 Å². The summed E-state index contributed by atoms with van der Waals surface area (Å²) in [4.78, 5) is 19.2. The van der Waals surface area contributed by atoms with E-state index in [4.69, 9.17) is 5.11 Å². The number of aromatic carboxylic acids is 1. The fourth-order valence-electron chi connectivity index (χ4n) is 1.27. The molecular weight excluding hydrogens is 276 g/mol. The summed E-state index contributed by atoms with van der Waals surface area (Å²) >= 11 is 3.13. The van der Waals surface area contributed by atoms with E-state index in [0.29, 0.717) is 16.1 Å². The Morgan fingerprint density at radius 2 is 2.25 bits per heavy atom. The minimum atomic E-state index is -1.07. The number of aromatic nitrogens is 4. The summed E-state index contributed by atoms with van der Waals surface area (Å²) in [5.41, 5.74) is 0.0319. The molecule has 0 aliphatic heterocycles. The van der Waals surface area contributed by atoms with Gasteiger partial charge in [0.2, 0.25) is 0 Å². The lowest BCUT2D eigenvalue weighted by Gasteiger charge is -1.99. The first kappa shape index (κ1) is 11.0. The van der Waals surface area contributed by atoms with Crippen LogP contribution in [0.25, 0.3) is 5.78 Å². The van der Waals surface area contributed by atoms with Crippen molar-refractivity contribution in [3.63, 3.8) is 0 Å². The monoisotopic (exact) mass is 284 g/mol. The zero-order chi connectivity index (χ0) is 11.9. The second-order valence-electron chi connectivity index (χ2n) is 3.60. The van der Waals surface area contributed by atoms with Gasteiger partial charge >= 0.3 is 5.97 Å². The number of carboxylic acid groups (broad SMARTS) is 1. The van der Waals surface area contributed by atoms with Crippen LogP contribution in [-0.4, -0.2) is 30.7 Å². The first-order valence-corrected chi connectivity index (χ1v) is 5.44. The third kappa shape index (κ3) is 1.67. The Morgan fingerprint density at radius 3 is 2.81 bits per heavy atom. The lowest BCUT2D eigenvalue weighted by Crippen LogP contribution is -2.08. The average molecular weight is 285 g/mol. The molecule has 2 rings (SSSR count). The van der Waals surface area contributed by atoms with Gasteiger partial charge in [0.15, 0.2) is 11.5 Å². The number of rotatable bonds is 2. The summed E-state index contributed by atoms with van der Waals surface area (Å²) in [5, 5.41) is 13.2. The van der Waals surface area contributed by atoms with Crippen LogP contribution in [0.15, 0.2) is 10.7 Å². The van der Waals surface area contributed by atoms with E-state index >= 15 is 0 Å². The quantitative estimate of drug-likeness (QED) is 0.908. The molecule has 0 aromatic carbocycles. The molecule has 0 unspecified atom stereocenters. The van der Waals surface area contributed by atoms with Crippen molar-refractivity contribution in [2.75, 3.05) is 0 Å². The van der Waals surface area contributed by atoms with Gasteiger partial charge in [0, 0.05) is 12.1 Å². The predicted octanol–water partition coefficient (Wildman–Crippen LogP) is 1.71. The topological polar surface area (TPSA) is 80.4 Å². The van der Waals surface area contributed by atoms with E-state index in [1.54, 1.807) is 0 Å². The van der Waals surface area contributed by atoms with Gasteiger partial charge in [0.25, 0.3) is 5.78 Å². The summed E-state index contributed by atoms with van der Waals surface area (Å²) in [5.74, 6) is -0.0704.